The molecule has 3 heterocycles. The Morgan fingerprint density at radius 3 is 2.75 bits per heavy atom. The van der Waals surface area contributed by atoms with Gasteiger partial charge in [-0.05, 0) is 50.6 Å². The molecular formula is C19H26N2O2S. The van der Waals surface area contributed by atoms with E-state index in [0.717, 1.165) is 55.8 Å². The number of rotatable bonds is 6. The van der Waals surface area contributed by atoms with Crippen LogP contribution in [0.3, 0.4) is 0 Å². The summed E-state index contributed by atoms with van der Waals surface area (Å²) >= 11 is 1.78. The number of Topliss-reactive ketones (excluding diaryl/α,β-unsaturated/α-hetero) is 1. The Labute approximate surface area is 147 Å². The second-order valence-corrected chi connectivity index (χ2v) is 7.73. The fourth-order valence-corrected chi connectivity index (χ4v) is 4.17. The molecule has 24 heavy (non-hydrogen) atoms. The largest absolute Gasteiger partial charge is 0.393 e. The Balaban J connectivity index is 1.65. The van der Waals surface area contributed by atoms with Gasteiger partial charge in [-0.3, -0.25) is 9.69 Å². The van der Waals surface area contributed by atoms with Gasteiger partial charge < -0.3 is 9.67 Å². The van der Waals surface area contributed by atoms with Crippen LogP contribution in [0.4, 0.5) is 0 Å². The number of hydrogen-bond donors (Lipinski definition) is 1. The predicted octanol–water partition coefficient (Wildman–Crippen LogP) is 3.05. The standard InChI is InChI=1S/C19H26N2O2S/c1-14-12-18(19(23)13-20-8-5-16(22)6-9-20)15(2)21(14)10-7-17-4-3-11-24-17/h3-4,11-12,16,22H,5-10,13H2,1-2H3. The van der Waals surface area contributed by atoms with Crippen molar-refractivity contribution in [2.24, 2.45) is 0 Å². The molecule has 130 valence electrons. The van der Waals surface area contributed by atoms with Crippen LogP contribution in [0.1, 0.15) is 39.5 Å². The van der Waals surface area contributed by atoms with Gasteiger partial charge in [-0.25, -0.2) is 0 Å². The summed E-state index contributed by atoms with van der Waals surface area (Å²) < 4.78 is 2.26. The van der Waals surface area contributed by atoms with Gasteiger partial charge in [-0.15, -0.1) is 11.3 Å². The van der Waals surface area contributed by atoms with Crippen molar-refractivity contribution in [3.63, 3.8) is 0 Å². The molecule has 2 aromatic rings. The molecule has 0 aliphatic carbocycles. The second-order valence-electron chi connectivity index (χ2n) is 6.70. The van der Waals surface area contributed by atoms with E-state index in [9.17, 15) is 9.90 Å². The van der Waals surface area contributed by atoms with Crippen LogP contribution >= 0.6 is 11.3 Å². The van der Waals surface area contributed by atoms with Gasteiger partial charge in [0.05, 0.1) is 12.6 Å². The molecule has 0 radical (unpaired) electrons. The maximum Gasteiger partial charge on any atom is 0.178 e. The minimum atomic E-state index is -0.196. The van der Waals surface area contributed by atoms with Gasteiger partial charge in [0, 0.05) is 41.5 Å². The maximum absolute atomic E-state index is 12.7. The minimum absolute atomic E-state index is 0.196. The van der Waals surface area contributed by atoms with E-state index in [-0.39, 0.29) is 11.9 Å². The van der Waals surface area contributed by atoms with Crippen LogP contribution in [-0.2, 0) is 13.0 Å². The monoisotopic (exact) mass is 346 g/mol. The highest BCUT2D eigenvalue weighted by molar-refractivity contribution is 7.09. The molecular weight excluding hydrogens is 320 g/mol. The number of aliphatic hydroxyl groups is 1. The van der Waals surface area contributed by atoms with Gasteiger partial charge in [-0.1, -0.05) is 6.07 Å². The molecule has 1 N–H and O–H groups in total. The lowest BCUT2D eigenvalue weighted by Gasteiger charge is -2.28. The van der Waals surface area contributed by atoms with E-state index in [1.165, 1.54) is 4.88 Å². The summed E-state index contributed by atoms with van der Waals surface area (Å²) in [5, 5.41) is 11.7. The number of aryl methyl sites for hydroxylation is 2. The van der Waals surface area contributed by atoms with E-state index < -0.39 is 0 Å². The third-order valence-electron chi connectivity index (χ3n) is 4.96. The summed E-state index contributed by atoms with van der Waals surface area (Å²) in [7, 11) is 0. The molecule has 0 bridgehead atoms. The van der Waals surface area contributed by atoms with Crippen molar-refractivity contribution >= 4 is 17.1 Å². The first-order valence-electron chi connectivity index (χ1n) is 8.67. The van der Waals surface area contributed by atoms with E-state index in [1.54, 1.807) is 11.3 Å². The first-order valence-corrected chi connectivity index (χ1v) is 9.55. The van der Waals surface area contributed by atoms with Gasteiger partial charge in [0.2, 0.25) is 0 Å². The van der Waals surface area contributed by atoms with Crippen LogP contribution in [0.25, 0.3) is 0 Å². The number of nitrogens with zero attached hydrogens (tertiary/aromatic N) is 2. The van der Waals surface area contributed by atoms with Gasteiger partial charge in [0.1, 0.15) is 0 Å². The number of aromatic nitrogens is 1. The highest BCUT2D eigenvalue weighted by Crippen LogP contribution is 2.19. The summed E-state index contributed by atoms with van der Waals surface area (Å²) in [6.45, 7) is 7.13. The number of hydrogen-bond acceptors (Lipinski definition) is 4. The fourth-order valence-electron chi connectivity index (χ4n) is 3.47. The van der Waals surface area contributed by atoms with E-state index in [2.05, 4.69) is 40.8 Å². The fraction of sp³-hybridized carbons (Fsp3) is 0.526. The summed E-state index contributed by atoms with van der Waals surface area (Å²) in [6.07, 6.45) is 2.35. The molecule has 0 aromatic carbocycles. The molecule has 0 atom stereocenters. The predicted molar refractivity (Wildman–Crippen MR) is 97.9 cm³/mol. The molecule has 2 aromatic heterocycles. The van der Waals surface area contributed by atoms with Crippen molar-refractivity contribution in [3.8, 4) is 0 Å². The van der Waals surface area contributed by atoms with Crippen molar-refractivity contribution in [2.45, 2.75) is 45.8 Å². The SMILES string of the molecule is Cc1cc(C(=O)CN2CCC(O)CC2)c(C)n1CCc1cccs1. The lowest BCUT2D eigenvalue weighted by atomic mass is 10.1. The van der Waals surface area contributed by atoms with Crippen LogP contribution in [0.15, 0.2) is 23.6 Å². The van der Waals surface area contributed by atoms with Gasteiger partial charge in [0.15, 0.2) is 5.78 Å². The smallest absolute Gasteiger partial charge is 0.178 e. The number of carbonyl (C=O) groups is 1. The van der Waals surface area contributed by atoms with Crippen LogP contribution in [0.5, 0.6) is 0 Å². The topological polar surface area (TPSA) is 45.5 Å². The molecule has 3 rings (SSSR count). The summed E-state index contributed by atoms with van der Waals surface area (Å²) in [6, 6.07) is 6.28. The van der Waals surface area contributed by atoms with Crippen LogP contribution in [0, 0.1) is 13.8 Å². The maximum atomic E-state index is 12.7. The van der Waals surface area contributed by atoms with Crippen molar-refractivity contribution in [1.82, 2.24) is 9.47 Å². The quantitative estimate of drug-likeness (QED) is 0.818. The number of thiophene rings is 1. The Hall–Kier alpha value is -1.43. The average molecular weight is 346 g/mol. The molecule has 0 amide bonds. The molecule has 5 heteroatoms. The van der Waals surface area contributed by atoms with E-state index in [4.69, 9.17) is 0 Å². The molecule has 1 saturated heterocycles. The lowest BCUT2D eigenvalue weighted by Crippen LogP contribution is -2.39. The number of carbonyl (C=O) groups excluding carboxylic acids is 1. The van der Waals surface area contributed by atoms with E-state index in [0.29, 0.717) is 6.54 Å². The minimum Gasteiger partial charge on any atom is -0.393 e. The third-order valence-corrected chi connectivity index (χ3v) is 5.90. The summed E-state index contributed by atoms with van der Waals surface area (Å²) in [5.41, 5.74) is 3.08. The molecule has 0 spiro atoms. The zero-order valence-corrected chi connectivity index (χ0v) is 15.3. The van der Waals surface area contributed by atoms with Crippen molar-refractivity contribution < 1.29 is 9.90 Å². The van der Waals surface area contributed by atoms with Crippen LogP contribution in [0.2, 0.25) is 0 Å². The normalized spacial score (nSPS) is 16.6. The highest BCUT2D eigenvalue weighted by atomic mass is 32.1. The Morgan fingerprint density at radius 1 is 1.33 bits per heavy atom. The van der Waals surface area contributed by atoms with Crippen molar-refractivity contribution in [1.29, 1.82) is 0 Å². The Morgan fingerprint density at radius 2 is 2.08 bits per heavy atom. The number of likely N-dealkylation sites (tertiary alicyclic amines) is 1. The van der Waals surface area contributed by atoms with E-state index in [1.807, 2.05) is 6.07 Å². The molecule has 1 aliphatic heterocycles. The number of ketones is 1. The Bertz CT molecular complexity index is 683. The Kier molecular flexibility index (Phi) is 5.54. The van der Waals surface area contributed by atoms with E-state index >= 15 is 0 Å². The second kappa shape index (κ2) is 7.64. The van der Waals surface area contributed by atoms with Crippen LogP contribution in [-0.4, -0.2) is 46.1 Å². The third kappa shape index (κ3) is 3.97. The molecule has 1 aliphatic rings. The number of aliphatic hydroxyl groups excluding tert-OH is 1. The number of piperidine rings is 1. The molecule has 0 saturated carbocycles. The first-order chi connectivity index (χ1) is 11.5. The lowest BCUT2D eigenvalue weighted by molar-refractivity contribution is 0.0710. The van der Waals surface area contributed by atoms with Gasteiger partial charge in [0.25, 0.3) is 0 Å². The molecule has 1 fully saturated rings. The van der Waals surface area contributed by atoms with Crippen molar-refractivity contribution in [2.75, 3.05) is 19.6 Å². The zero-order chi connectivity index (χ0) is 17.1. The molecule has 0 unspecified atom stereocenters. The van der Waals surface area contributed by atoms with Gasteiger partial charge in [-0.2, -0.15) is 0 Å². The first kappa shape index (κ1) is 17.4. The van der Waals surface area contributed by atoms with Gasteiger partial charge >= 0.3 is 0 Å². The molecule has 4 nitrogen and oxygen atoms in total. The average Bonchev–Trinajstić information content (AvgIpc) is 3.16. The summed E-state index contributed by atoms with van der Waals surface area (Å²) in [5.74, 6) is 0.196. The van der Waals surface area contributed by atoms with Crippen molar-refractivity contribution in [3.05, 3.63) is 45.4 Å². The highest BCUT2D eigenvalue weighted by Gasteiger charge is 2.22. The van der Waals surface area contributed by atoms with Crippen LogP contribution < -0.4 is 0 Å². The summed E-state index contributed by atoms with van der Waals surface area (Å²) in [4.78, 5) is 16.2. The zero-order valence-electron chi connectivity index (χ0n) is 14.5.